The number of ether oxygens (including phenoxy) is 1. The summed E-state index contributed by atoms with van der Waals surface area (Å²) in [5.41, 5.74) is 1.90. The molecule has 0 spiro atoms. The predicted octanol–water partition coefficient (Wildman–Crippen LogP) is 7.55. The number of hydrogen-bond acceptors (Lipinski definition) is 3. The van der Waals surface area contributed by atoms with Gasteiger partial charge in [0.1, 0.15) is 5.75 Å². The molecule has 10 atom stereocenters. The lowest BCUT2D eigenvalue weighted by Crippen LogP contribution is -2.54. The van der Waals surface area contributed by atoms with Crippen LogP contribution >= 0.6 is 0 Å². The molecule has 0 aliphatic heterocycles. The van der Waals surface area contributed by atoms with Crippen LogP contribution in [0.2, 0.25) is 0 Å². The van der Waals surface area contributed by atoms with Crippen LogP contribution in [0.1, 0.15) is 109 Å². The fraction of sp³-hybridized carbons (Fsp3) is 0.812. The van der Waals surface area contributed by atoms with Crippen molar-refractivity contribution >= 4 is 0 Å². The van der Waals surface area contributed by atoms with E-state index < -0.39 is 6.10 Å². The first-order valence-electron chi connectivity index (χ1n) is 14.8. The SMILES string of the molecule is COc1ccccc1C(O)CCC[C@@H](C)[C@H]1CC[C@H]2[C@@H]3CC[C@H]4C[C@@H](O)CC[C@]4(C)[C@H]3CC[C@]12C. The molecule has 0 amide bonds. The van der Waals surface area contributed by atoms with Gasteiger partial charge in [-0.1, -0.05) is 51.8 Å². The van der Waals surface area contributed by atoms with Crippen LogP contribution in [0.15, 0.2) is 24.3 Å². The number of hydrogen-bond donors (Lipinski definition) is 2. The summed E-state index contributed by atoms with van der Waals surface area (Å²) in [7, 11) is 1.68. The lowest BCUT2D eigenvalue weighted by Gasteiger charge is -2.61. The number of para-hydroxylation sites is 1. The van der Waals surface area contributed by atoms with Gasteiger partial charge in [0.15, 0.2) is 0 Å². The third-order valence-electron chi connectivity index (χ3n) is 12.0. The molecule has 4 fully saturated rings. The zero-order valence-electron chi connectivity index (χ0n) is 22.7. The standard InChI is InChI=1S/C32H50O3/c1-21(8-7-10-29(34)25-9-5-6-11-30(25)35-4)26-14-15-27-24-13-12-22-20-23(33)16-18-31(22,2)28(24)17-19-32(26,27)3/h5-6,9,11,21-24,26-29,33-34H,7-8,10,12-20H2,1-4H3/t21-,22+,23+,24+,26-,27+,28+,29?,31+,32-/m1/s1. The molecule has 35 heavy (non-hydrogen) atoms. The Balaban J connectivity index is 1.20. The van der Waals surface area contributed by atoms with Gasteiger partial charge in [0.25, 0.3) is 0 Å². The van der Waals surface area contributed by atoms with E-state index in [1.165, 1.54) is 51.4 Å². The minimum absolute atomic E-state index is 0.0447. The quantitative estimate of drug-likeness (QED) is 0.422. The van der Waals surface area contributed by atoms with E-state index in [0.29, 0.717) is 10.8 Å². The van der Waals surface area contributed by atoms with Gasteiger partial charge in [-0.25, -0.2) is 0 Å². The lowest BCUT2D eigenvalue weighted by molar-refractivity contribution is -0.129. The minimum atomic E-state index is -0.439. The molecular formula is C32H50O3. The third kappa shape index (κ3) is 4.48. The summed E-state index contributed by atoms with van der Waals surface area (Å²) in [5.74, 6) is 5.80. The average molecular weight is 483 g/mol. The topological polar surface area (TPSA) is 49.7 Å². The highest BCUT2D eigenvalue weighted by Gasteiger charge is 2.60. The molecule has 0 bridgehead atoms. The van der Waals surface area contributed by atoms with Gasteiger partial charge < -0.3 is 14.9 Å². The van der Waals surface area contributed by atoms with Crippen LogP contribution in [-0.2, 0) is 0 Å². The van der Waals surface area contributed by atoms with E-state index in [9.17, 15) is 10.2 Å². The summed E-state index contributed by atoms with van der Waals surface area (Å²) >= 11 is 0. The van der Waals surface area contributed by atoms with Crippen LogP contribution < -0.4 is 4.74 Å². The van der Waals surface area contributed by atoms with Crippen LogP contribution in [0.4, 0.5) is 0 Å². The van der Waals surface area contributed by atoms with Gasteiger partial charge in [0.2, 0.25) is 0 Å². The first kappa shape index (κ1) is 25.6. The smallest absolute Gasteiger partial charge is 0.124 e. The largest absolute Gasteiger partial charge is 0.496 e. The Bertz CT molecular complexity index is 868. The van der Waals surface area contributed by atoms with Crippen LogP contribution in [0.25, 0.3) is 0 Å². The molecule has 4 saturated carbocycles. The Morgan fingerprint density at radius 1 is 0.943 bits per heavy atom. The molecule has 4 aliphatic carbocycles. The molecule has 1 aromatic carbocycles. The molecule has 1 aromatic rings. The van der Waals surface area contributed by atoms with Crippen molar-refractivity contribution in [3.8, 4) is 5.75 Å². The van der Waals surface area contributed by atoms with E-state index in [0.717, 1.165) is 72.5 Å². The zero-order chi connectivity index (χ0) is 24.8. The minimum Gasteiger partial charge on any atom is -0.496 e. The molecule has 196 valence electrons. The number of fused-ring (bicyclic) bond motifs is 5. The zero-order valence-corrected chi connectivity index (χ0v) is 22.7. The van der Waals surface area contributed by atoms with Crippen molar-refractivity contribution in [2.24, 2.45) is 46.3 Å². The third-order valence-corrected chi connectivity index (χ3v) is 12.0. The molecule has 0 aromatic heterocycles. The van der Waals surface area contributed by atoms with Gasteiger partial charge in [-0.05, 0) is 117 Å². The molecule has 0 radical (unpaired) electrons. The van der Waals surface area contributed by atoms with Crippen molar-refractivity contribution in [3.05, 3.63) is 29.8 Å². The molecular weight excluding hydrogens is 432 g/mol. The highest BCUT2D eigenvalue weighted by Crippen LogP contribution is 2.68. The molecule has 1 unspecified atom stereocenters. The van der Waals surface area contributed by atoms with Crippen molar-refractivity contribution in [1.29, 1.82) is 0 Å². The van der Waals surface area contributed by atoms with Crippen molar-refractivity contribution < 1.29 is 14.9 Å². The Morgan fingerprint density at radius 3 is 2.49 bits per heavy atom. The maximum atomic E-state index is 10.8. The summed E-state index contributed by atoms with van der Waals surface area (Å²) in [6, 6.07) is 7.90. The van der Waals surface area contributed by atoms with E-state index in [1.807, 2.05) is 24.3 Å². The van der Waals surface area contributed by atoms with Gasteiger partial charge in [0, 0.05) is 5.56 Å². The van der Waals surface area contributed by atoms with E-state index in [1.54, 1.807) is 7.11 Å². The van der Waals surface area contributed by atoms with Gasteiger partial charge in [-0.15, -0.1) is 0 Å². The molecule has 4 aliphatic rings. The van der Waals surface area contributed by atoms with Gasteiger partial charge in [0.05, 0.1) is 19.3 Å². The Kier molecular flexibility index (Phi) is 7.32. The molecule has 0 heterocycles. The fourth-order valence-corrected chi connectivity index (χ4v) is 10.1. The summed E-state index contributed by atoms with van der Waals surface area (Å²) in [5, 5.41) is 21.1. The first-order chi connectivity index (χ1) is 16.8. The second kappa shape index (κ2) is 10.0. The maximum absolute atomic E-state index is 10.8. The Morgan fingerprint density at radius 2 is 1.69 bits per heavy atom. The number of methoxy groups -OCH3 is 1. The Hall–Kier alpha value is -1.06. The highest BCUT2D eigenvalue weighted by molar-refractivity contribution is 5.34. The maximum Gasteiger partial charge on any atom is 0.124 e. The molecule has 3 nitrogen and oxygen atoms in total. The number of benzene rings is 1. The second-order valence-electron chi connectivity index (χ2n) is 13.5. The van der Waals surface area contributed by atoms with Crippen molar-refractivity contribution in [2.75, 3.05) is 7.11 Å². The van der Waals surface area contributed by atoms with Crippen molar-refractivity contribution in [2.45, 2.75) is 110 Å². The molecule has 0 saturated heterocycles. The van der Waals surface area contributed by atoms with E-state index in [2.05, 4.69) is 20.8 Å². The van der Waals surface area contributed by atoms with E-state index in [-0.39, 0.29) is 6.10 Å². The molecule has 5 rings (SSSR count). The number of rotatable bonds is 7. The van der Waals surface area contributed by atoms with Crippen LogP contribution in [-0.4, -0.2) is 23.4 Å². The monoisotopic (exact) mass is 482 g/mol. The van der Waals surface area contributed by atoms with Crippen LogP contribution in [0.3, 0.4) is 0 Å². The van der Waals surface area contributed by atoms with Crippen LogP contribution in [0, 0.1) is 46.3 Å². The molecule has 3 heteroatoms. The van der Waals surface area contributed by atoms with Gasteiger partial charge >= 0.3 is 0 Å². The summed E-state index contributed by atoms with van der Waals surface area (Å²) in [6.07, 6.45) is 14.4. The molecule has 2 N–H and O–H groups in total. The van der Waals surface area contributed by atoms with Crippen LogP contribution in [0.5, 0.6) is 5.75 Å². The number of aliphatic hydroxyl groups is 2. The van der Waals surface area contributed by atoms with Crippen molar-refractivity contribution in [3.63, 3.8) is 0 Å². The fourth-order valence-electron chi connectivity index (χ4n) is 10.1. The summed E-state index contributed by atoms with van der Waals surface area (Å²) in [6.45, 7) is 7.76. The van der Waals surface area contributed by atoms with Gasteiger partial charge in [-0.2, -0.15) is 0 Å². The number of aliphatic hydroxyl groups excluding tert-OH is 2. The normalized spacial score (nSPS) is 42.5. The predicted molar refractivity (Wildman–Crippen MR) is 142 cm³/mol. The van der Waals surface area contributed by atoms with Crippen molar-refractivity contribution in [1.82, 2.24) is 0 Å². The Labute approximate surface area is 214 Å². The van der Waals surface area contributed by atoms with Gasteiger partial charge in [-0.3, -0.25) is 0 Å². The average Bonchev–Trinajstić information content (AvgIpc) is 3.21. The van der Waals surface area contributed by atoms with E-state index >= 15 is 0 Å². The van der Waals surface area contributed by atoms with E-state index in [4.69, 9.17) is 4.74 Å². The summed E-state index contributed by atoms with van der Waals surface area (Å²) in [4.78, 5) is 0. The first-order valence-corrected chi connectivity index (χ1v) is 14.8. The lowest BCUT2D eigenvalue weighted by atomic mass is 9.44. The summed E-state index contributed by atoms with van der Waals surface area (Å²) < 4.78 is 5.46. The second-order valence-corrected chi connectivity index (χ2v) is 13.5. The highest BCUT2D eigenvalue weighted by atomic mass is 16.5.